The number of carbonyl (C=O) groups is 1. The molecule has 0 atom stereocenters. The normalized spacial score (nSPS) is 11.5. The van der Waals surface area contributed by atoms with E-state index in [-0.39, 0.29) is 10.6 Å². The fourth-order valence-electron chi connectivity index (χ4n) is 3.41. The lowest BCUT2D eigenvalue weighted by Gasteiger charge is -2.25. The molecule has 0 bridgehead atoms. The van der Waals surface area contributed by atoms with Crippen molar-refractivity contribution in [1.82, 2.24) is 5.43 Å². The number of benzene rings is 3. The first-order valence-corrected chi connectivity index (χ1v) is 12.4. The molecule has 1 amide bonds. The zero-order valence-corrected chi connectivity index (χ0v) is 21.6. The number of anilines is 1. The summed E-state index contributed by atoms with van der Waals surface area (Å²) in [6.45, 7) is 3.06. The van der Waals surface area contributed by atoms with Crippen molar-refractivity contribution in [2.75, 3.05) is 32.2 Å². The molecular formula is C26H29N3O6S. The summed E-state index contributed by atoms with van der Waals surface area (Å²) in [5.41, 5.74) is 4.78. The van der Waals surface area contributed by atoms with Crippen LogP contribution >= 0.6 is 0 Å². The molecule has 0 spiro atoms. The Kier molecular flexibility index (Phi) is 8.55. The van der Waals surface area contributed by atoms with Gasteiger partial charge in [0.05, 0.1) is 37.6 Å². The van der Waals surface area contributed by atoms with Gasteiger partial charge in [0.1, 0.15) is 12.3 Å². The Morgan fingerprint density at radius 1 is 0.889 bits per heavy atom. The standard InChI is InChI=1S/C26H29N3O6S/c1-18-10-13-21(14-11-18)36(31,32)29(22-8-6-7-9-23(22)33-3)17-26(30)28-27-19(2)20-12-15-24(34-4)25(16-20)35-5/h6-16H,17H2,1-5H3,(H,28,30)/b27-19-. The lowest BCUT2D eigenvalue weighted by molar-refractivity contribution is -0.119. The van der Waals surface area contributed by atoms with Crippen LogP contribution in [-0.4, -0.2) is 47.9 Å². The van der Waals surface area contributed by atoms with Gasteiger partial charge in [-0.1, -0.05) is 29.8 Å². The molecule has 0 fully saturated rings. The van der Waals surface area contributed by atoms with Crippen LogP contribution in [0, 0.1) is 6.92 Å². The second-order valence-electron chi connectivity index (χ2n) is 7.80. The predicted octanol–water partition coefficient (Wildman–Crippen LogP) is 3.76. The predicted molar refractivity (Wildman–Crippen MR) is 139 cm³/mol. The summed E-state index contributed by atoms with van der Waals surface area (Å²) in [5.74, 6) is 0.761. The van der Waals surface area contributed by atoms with Gasteiger partial charge in [0, 0.05) is 5.56 Å². The summed E-state index contributed by atoms with van der Waals surface area (Å²) in [5, 5.41) is 4.15. The maximum atomic E-state index is 13.6. The van der Waals surface area contributed by atoms with Gasteiger partial charge < -0.3 is 14.2 Å². The van der Waals surface area contributed by atoms with Gasteiger partial charge in [-0.05, 0) is 56.3 Å². The molecular weight excluding hydrogens is 482 g/mol. The van der Waals surface area contributed by atoms with Gasteiger partial charge in [0.2, 0.25) is 0 Å². The van der Waals surface area contributed by atoms with E-state index >= 15 is 0 Å². The van der Waals surface area contributed by atoms with Crippen LogP contribution in [-0.2, 0) is 14.8 Å². The number of amides is 1. The Morgan fingerprint density at radius 2 is 1.53 bits per heavy atom. The van der Waals surface area contributed by atoms with Crippen molar-refractivity contribution in [2.24, 2.45) is 5.10 Å². The zero-order valence-electron chi connectivity index (χ0n) is 20.8. The summed E-state index contributed by atoms with van der Waals surface area (Å²) in [7, 11) is 0.408. The lowest BCUT2D eigenvalue weighted by Crippen LogP contribution is -2.40. The van der Waals surface area contributed by atoms with Crippen molar-refractivity contribution >= 4 is 27.3 Å². The van der Waals surface area contributed by atoms with E-state index in [1.807, 2.05) is 6.92 Å². The number of hydrogen-bond donors (Lipinski definition) is 1. The fraction of sp³-hybridized carbons (Fsp3) is 0.231. The first kappa shape index (κ1) is 26.6. The molecule has 0 aromatic heterocycles. The molecule has 0 radical (unpaired) electrons. The van der Waals surface area contributed by atoms with Crippen LogP contribution in [0.5, 0.6) is 17.2 Å². The van der Waals surface area contributed by atoms with Gasteiger partial charge >= 0.3 is 0 Å². The maximum absolute atomic E-state index is 13.6. The smallest absolute Gasteiger partial charge is 0.264 e. The van der Waals surface area contributed by atoms with Crippen molar-refractivity contribution in [3.63, 3.8) is 0 Å². The average molecular weight is 512 g/mol. The number of hydrogen-bond acceptors (Lipinski definition) is 7. The highest BCUT2D eigenvalue weighted by atomic mass is 32.2. The number of rotatable bonds is 10. The number of nitrogens with zero attached hydrogens (tertiary/aromatic N) is 2. The second kappa shape index (κ2) is 11.6. The SMILES string of the molecule is COc1ccc(/C(C)=N\NC(=O)CN(c2ccccc2OC)S(=O)(=O)c2ccc(C)cc2)cc1OC. The molecule has 0 unspecified atom stereocenters. The van der Waals surface area contributed by atoms with E-state index in [0.717, 1.165) is 9.87 Å². The molecule has 0 heterocycles. The van der Waals surface area contributed by atoms with Gasteiger partial charge in [0.25, 0.3) is 15.9 Å². The molecule has 3 aromatic carbocycles. The lowest BCUT2D eigenvalue weighted by atomic mass is 10.1. The average Bonchev–Trinajstić information content (AvgIpc) is 2.90. The second-order valence-corrected chi connectivity index (χ2v) is 9.66. The van der Waals surface area contributed by atoms with E-state index in [9.17, 15) is 13.2 Å². The van der Waals surface area contributed by atoms with Crippen molar-refractivity contribution in [1.29, 1.82) is 0 Å². The Balaban J connectivity index is 1.90. The Hall–Kier alpha value is -4.05. The summed E-state index contributed by atoms with van der Waals surface area (Å²) in [4.78, 5) is 13.0. The van der Waals surface area contributed by atoms with Gasteiger partial charge in [-0.3, -0.25) is 9.10 Å². The van der Waals surface area contributed by atoms with Crippen molar-refractivity contribution < 1.29 is 27.4 Å². The molecule has 0 aliphatic rings. The third-order valence-electron chi connectivity index (χ3n) is 5.40. The van der Waals surface area contributed by atoms with Crippen LogP contribution in [0.15, 0.2) is 76.7 Å². The number of ether oxygens (including phenoxy) is 3. The summed E-state index contributed by atoms with van der Waals surface area (Å²) < 4.78 is 44.1. The highest BCUT2D eigenvalue weighted by Gasteiger charge is 2.29. The number of carbonyl (C=O) groups excluding carboxylic acids is 1. The van der Waals surface area contributed by atoms with E-state index in [1.54, 1.807) is 61.5 Å². The van der Waals surface area contributed by atoms with Crippen molar-refractivity contribution in [3.8, 4) is 17.2 Å². The van der Waals surface area contributed by atoms with Crippen LogP contribution in [0.4, 0.5) is 5.69 Å². The summed E-state index contributed by atoms with van der Waals surface area (Å²) >= 11 is 0. The van der Waals surface area contributed by atoms with E-state index in [0.29, 0.717) is 28.5 Å². The van der Waals surface area contributed by atoms with Crippen LogP contribution < -0.4 is 23.9 Å². The Labute approximate surface area is 211 Å². The van der Waals surface area contributed by atoms with Gasteiger partial charge in [-0.25, -0.2) is 13.8 Å². The molecule has 10 heteroatoms. The molecule has 3 aromatic rings. The highest BCUT2D eigenvalue weighted by molar-refractivity contribution is 7.92. The molecule has 190 valence electrons. The number of nitrogens with one attached hydrogen (secondary N) is 1. The Bertz CT molecular complexity index is 1350. The molecule has 1 N–H and O–H groups in total. The number of aryl methyl sites for hydroxylation is 1. The van der Waals surface area contributed by atoms with Crippen molar-refractivity contribution in [2.45, 2.75) is 18.7 Å². The van der Waals surface area contributed by atoms with Crippen LogP contribution in [0.1, 0.15) is 18.1 Å². The Morgan fingerprint density at radius 3 is 2.17 bits per heavy atom. The van der Waals surface area contributed by atoms with Crippen LogP contribution in [0.3, 0.4) is 0 Å². The first-order valence-electron chi connectivity index (χ1n) is 11.0. The molecule has 0 aliphatic carbocycles. The first-order chi connectivity index (χ1) is 17.2. The molecule has 0 saturated heterocycles. The number of hydrazone groups is 1. The van der Waals surface area contributed by atoms with E-state index in [4.69, 9.17) is 14.2 Å². The van der Waals surface area contributed by atoms with E-state index < -0.39 is 22.5 Å². The van der Waals surface area contributed by atoms with Crippen LogP contribution in [0.25, 0.3) is 0 Å². The van der Waals surface area contributed by atoms with E-state index in [2.05, 4.69) is 10.5 Å². The molecule has 9 nitrogen and oxygen atoms in total. The quantitative estimate of drug-likeness (QED) is 0.328. The van der Waals surface area contributed by atoms with Crippen molar-refractivity contribution in [3.05, 3.63) is 77.9 Å². The third-order valence-corrected chi connectivity index (χ3v) is 7.17. The molecule has 3 rings (SSSR count). The highest BCUT2D eigenvalue weighted by Crippen LogP contribution is 2.32. The molecule has 36 heavy (non-hydrogen) atoms. The van der Waals surface area contributed by atoms with Gasteiger partial charge in [-0.2, -0.15) is 5.10 Å². The number of methoxy groups -OCH3 is 3. The van der Waals surface area contributed by atoms with Gasteiger partial charge in [-0.15, -0.1) is 0 Å². The summed E-state index contributed by atoms with van der Waals surface area (Å²) in [6.07, 6.45) is 0. The minimum absolute atomic E-state index is 0.0526. The maximum Gasteiger partial charge on any atom is 0.264 e. The van der Waals surface area contributed by atoms with Gasteiger partial charge in [0.15, 0.2) is 11.5 Å². The topological polar surface area (TPSA) is 107 Å². The van der Waals surface area contributed by atoms with Crippen LogP contribution in [0.2, 0.25) is 0 Å². The largest absolute Gasteiger partial charge is 0.495 e. The zero-order chi connectivity index (χ0) is 26.3. The number of sulfonamides is 1. The number of para-hydroxylation sites is 2. The molecule has 0 saturated carbocycles. The minimum atomic E-state index is -4.09. The fourth-order valence-corrected chi connectivity index (χ4v) is 4.84. The van der Waals surface area contributed by atoms with E-state index in [1.165, 1.54) is 33.5 Å². The summed E-state index contributed by atoms with van der Waals surface area (Å²) in [6, 6.07) is 18.2. The molecule has 0 aliphatic heterocycles. The monoisotopic (exact) mass is 511 g/mol. The minimum Gasteiger partial charge on any atom is -0.495 e. The third kappa shape index (κ3) is 5.95.